The molecule has 2 fully saturated rings. The lowest BCUT2D eigenvalue weighted by Crippen LogP contribution is -2.56. The van der Waals surface area contributed by atoms with Crippen molar-refractivity contribution in [1.82, 2.24) is 15.1 Å². The molecule has 234 valence electrons. The van der Waals surface area contributed by atoms with Gasteiger partial charge in [-0.1, -0.05) is 63.6 Å². The summed E-state index contributed by atoms with van der Waals surface area (Å²) in [6.07, 6.45) is 0.522. The molecule has 1 unspecified atom stereocenters. The minimum Gasteiger partial charge on any atom is -0.444 e. The number of anilines is 1. The van der Waals surface area contributed by atoms with Crippen molar-refractivity contribution in [2.75, 3.05) is 44.2 Å². The number of piperazine rings is 1. The van der Waals surface area contributed by atoms with Crippen molar-refractivity contribution < 1.29 is 19.1 Å². The fraction of sp³-hybridized carbons (Fsp3) is 0.559. The highest BCUT2D eigenvalue weighted by molar-refractivity contribution is 6.30. The zero-order valence-corrected chi connectivity index (χ0v) is 27.4. The number of carbonyl (C=O) groups is 3. The first kappa shape index (κ1) is 32.6. The number of halogens is 1. The number of likely N-dealkylation sites (tertiary alicyclic amines) is 1. The van der Waals surface area contributed by atoms with E-state index in [1.807, 2.05) is 69.9 Å². The third-order valence-corrected chi connectivity index (χ3v) is 8.71. The molecule has 1 N–H and O–H groups in total. The Bertz CT molecular complexity index is 1300. The van der Waals surface area contributed by atoms with Crippen molar-refractivity contribution in [3.8, 4) is 0 Å². The molecule has 4 rings (SSSR count). The molecule has 0 spiro atoms. The van der Waals surface area contributed by atoms with Crippen molar-refractivity contribution in [2.45, 2.75) is 72.4 Å². The molecule has 2 atom stereocenters. The molecule has 2 aromatic carbocycles. The van der Waals surface area contributed by atoms with Gasteiger partial charge in [0.15, 0.2) is 0 Å². The van der Waals surface area contributed by atoms with Crippen molar-refractivity contribution in [1.29, 1.82) is 0 Å². The van der Waals surface area contributed by atoms with E-state index >= 15 is 0 Å². The van der Waals surface area contributed by atoms with E-state index in [4.69, 9.17) is 16.3 Å². The Balaban J connectivity index is 1.43. The van der Waals surface area contributed by atoms with Crippen LogP contribution in [-0.4, -0.2) is 78.6 Å². The summed E-state index contributed by atoms with van der Waals surface area (Å²) in [5, 5.41) is 3.80. The smallest absolute Gasteiger partial charge is 0.410 e. The number of nitrogens with one attached hydrogen (secondary N) is 1. The van der Waals surface area contributed by atoms with Gasteiger partial charge in [-0.05, 0) is 74.3 Å². The van der Waals surface area contributed by atoms with Crippen LogP contribution in [0.2, 0.25) is 5.02 Å². The lowest BCUT2D eigenvalue weighted by molar-refractivity contribution is -0.137. The zero-order valence-electron chi connectivity index (χ0n) is 26.7. The van der Waals surface area contributed by atoms with Crippen LogP contribution in [0.5, 0.6) is 0 Å². The summed E-state index contributed by atoms with van der Waals surface area (Å²) >= 11 is 6.12. The van der Waals surface area contributed by atoms with Gasteiger partial charge in [-0.15, -0.1) is 0 Å². The van der Waals surface area contributed by atoms with Crippen molar-refractivity contribution in [3.63, 3.8) is 0 Å². The Morgan fingerprint density at radius 3 is 2.14 bits per heavy atom. The molecule has 2 aromatic rings. The largest absolute Gasteiger partial charge is 0.444 e. The minimum atomic E-state index is -0.646. The molecule has 0 aromatic heterocycles. The maximum Gasteiger partial charge on any atom is 0.410 e. The molecule has 2 saturated heterocycles. The van der Waals surface area contributed by atoms with Gasteiger partial charge >= 0.3 is 6.09 Å². The van der Waals surface area contributed by atoms with Gasteiger partial charge in [0.25, 0.3) is 5.91 Å². The van der Waals surface area contributed by atoms with Crippen LogP contribution in [0, 0.1) is 11.3 Å². The first-order valence-electron chi connectivity index (χ1n) is 15.3. The van der Waals surface area contributed by atoms with E-state index < -0.39 is 11.6 Å². The van der Waals surface area contributed by atoms with Gasteiger partial charge in [-0.25, -0.2) is 4.79 Å². The highest BCUT2D eigenvalue weighted by atomic mass is 35.5. The van der Waals surface area contributed by atoms with Gasteiger partial charge in [0.2, 0.25) is 5.91 Å². The summed E-state index contributed by atoms with van der Waals surface area (Å²) in [5.74, 6) is -0.0939. The van der Waals surface area contributed by atoms with Crippen LogP contribution in [0.15, 0.2) is 48.5 Å². The van der Waals surface area contributed by atoms with Crippen LogP contribution in [0.25, 0.3) is 0 Å². The SMILES string of the molecule is CC(C)[C@@H](NC(=O)c1ccccc1N1CCN(C(=O)OC(C)(C)C)CC1)C(=O)N1CCC(c2ccc(Cl)cc2)C(C)(C)C1. The molecule has 0 radical (unpaired) electrons. The molecule has 43 heavy (non-hydrogen) atoms. The summed E-state index contributed by atoms with van der Waals surface area (Å²) in [5.41, 5.74) is 1.86. The van der Waals surface area contributed by atoms with E-state index in [-0.39, 0.29) is 29.2 Å². The molecular weight excluding hydrogens is 564 g/mol. The predicted octanol–water partition coefficient (Wildman–Crippen LogP) is 6.19. The molecule has 0 bridgehead atoms. The van der Waals surface area contributed by atoms with Crippen molar-refractivity contribution >= 4 is 35.2 Å². The van der Waals surface area contributed by atoms with Crippen molar-refractivity contribution in [2.24, 2.45) is 11.3 Å². The second-order valence-electron chi connectivity index (χ2n) is 13.8. The van der Waals surface area contributed by atoms with E-state index in [1.54, 1.807) is 11.0 Å². The lowest BCUT2D eigenvalue weighted by Gasteiger charge is -2.45. The van der Waals surface area contributed by atoms with Crippen LogP contribution in [0.3, 0.4) is 0 Å². The predicted molar refractivity (Wildman–Crippen MR) is 172 cm³/mol. The Kier molecular flexibility index (Phi) is 10.00. The summed E-state index contributed by atoms with van der Waals surface area (Å²) < 4.78 is 5.53. The van der Waals surface area contributed by atoms with Crippen LogP contribution in [0.4, 0.5) is 10.5 Å². The Morgan fingerprint density at radius 2 is 1.56 bits per heavy atom. The quantitative estimate of drug-likeness (QED) is 0.422. The third-order valence-electron chi connectivity index (χ3n) is 8.45. The average molecular weight is 611 g/mol. The number of para-hydroxylation sites is 1. The maximum atomic E-state index is 13.9. The molecule has 3 amide bonds. The monoisotopic (exact) mass is 610 g/mol. The molecular formula is C34H47ClN4O4. The number of piperidine rings is 1. The molecule has 2 heterocycles. The normalized spacial score (nSPS) is 19.7. The van der Waals surface area contributed by atoms with Crippen molar-refractivity contribution in [3.05, 3.63) is 64.7 Å². The van der Waals surface area contributed by atoms with E-state index in [0.717, 1.165) is 12.1 Å². The number of benzene rings is 2. The fourth-order valence-electron chi connectivity index (χ4n) is 6.18. The third kappa shape index (κ3) is 8.02. The van der Waals surface area contributed by atoms with Gasteiger partial charge in [0.05, 0.1) is 5.56 Å². The standard InChI is InChI=1S/C34H47ClN4O4/c1-23(2)29(31(41)39-17-16-27(34(6,7)22-39)24-12-14-25(35)15-13-24)36-30(40)26-10-8-9-11-28(26)37-18-20-38(21-19-37)32(42)43-33(3,4)5/h8-15,23,27,29H,16-22H2,1-7H3,(H,36,40)/t27?,29-/m1/s1. The number of ether oxygens (including phenoxy) is 1. The molecule has 0 saturated carbocycles. The number of nitrogens with zero attached hydrogens (tertiary/aromatic N) is 3. The Morgan fingerprint density at radius 1 is 0.930 bits per heavy atom. The Labute approximate surface area is 261 Å². The second-order valence-corrected chi connectivity index (χ2v) is 14.2. The number of rotatable bonds is 6. The van der Waals surface area contributed by atoms with Crippen LogP contribution >= 0.6 is 11.6 Å². The molecule has 2 aliphatic rings. The summed E-state index contributed by atoms with van der Waals surface area (Å²) in [6.45, 7) is 17.3. The van der Waals surface area contributed by atoms with E-state index in [1.165, 1.54) is 5.56 Å². The average Bonchev–Trinajstić information content (AvgIpc) is 2.94. The maximum absolute atomic E-state index is 13.9. The van der Waals surface area contributed by atoms with Gasteiger partial charge in [-0.3, -0.25) is 9.59 Å². The van der Waals surface area contributed by atoms with Crippen LogP contribution in [0.1, 0.15) is 76.7 Å². The summed E-state index contributed by atoms with van der Waals surface area (Å²) in [4.78, 5) is 45.9. The molecule has 9 heteroatoms. The van der Waals surface area contributed by atoms with Gasteiger partial charge < -0.3 is 24.8 Å². The van der Waals surface area contributed by atoms with Gasteiger partial charge in [0, 0.05) is 50.0 Å². The summed E-state index contributed by atoms with van der Waals surface area (Å²) in [6, 6.07) is 14.8. The van der Waals surface area contributed by atoms with E-state index in [9.17, 15) is 14.4 Å². The summed E-state index contributed by atoms with van der Waals surface area (Å²) in [7, 11) is 0. The fourth-order valence-corrected chi connectivity index (χ4v) is 6.31. The zero-order chi connectivity index (χ0) is 31.5. The number of amides is 3. The first-order valence-corrected chi connectivity index (χ1v) is 15.7. The number of hydrogen-bond acceptors (Lipinski definition) is 5. The van der Waals surface area contributed by atoms with Crippen LogP contribution in [-0.2, 0) is 9.53 Å². The molecule has 2 aliphatic heterocycles. The van der Waals surface area contributed by atoms with Gasteiger partial charge in [-0.2, -0.15) is 0 Å². The minimum absolute atomic E-state index is 0.0468. The topological polar surface area (TPSA) is 82.2 Å². The Hall–Kier alpha value is -3.26. The van der Waals surface area contributed by atoms with Crippen LogP contribution < -0.4 is 10.2 Å². The van der Waals surface area contributed by atoms with Gasteiger partial charge in [0.1, 0.15) is 11.6 Å². The first-order chi connectivity index (χ1) is 20.2. The molecule has 0 aliphatic carbocycles. The van der Waals surface area contributed by atoms with E-state index in [0.29, 0.717) is 55.8 Å². The molecule has 8 nitrogen and oxygen atoms in total. The van der Waals surface area contributed by atoms with E-state index in [2.05, 4.69) is 36.2 Å². The lowest BCUT2D eigenvalue weighted by atomic mass is 9.70. The number of carbonyl (C=O) groups excluding carboxylic acids is 3. The number of hydrogen-bond donors (Lipinski definition) is 1. The second kappa shape index (κ2) is 13.2. The highest BCUT2D eigenvalue weighted by Crippen LogP contribution is 2.42. The highest BCUT2D eigenvalue weighted by Gasteiger charge is 2.41.